The predicted octanol–water partition coefficient (Wildman–Crippen LogP) is 3.59. The molecular formula is C20H25NO3. The molecule has 2 rings (SSSR count). The second kappa shape index (κ2) is 7.49. The summed E-state index contributed by atoms with van der Waals surface area (Å²) in [6.45, 7) is 5.47. The highest BCUT2D eigenvalue weighted by atomic mass is 16.3. The molecule has 1 amide bonds. The molecule has 1 unspecified atom stereocenters. The molecule has 4 heteroatoms. The molecule has 0 aliphatic heterocycles. The number of aromatic hydroxyl groups is 1. The van der Waals surface area contributed by atoms with E-state index >= 15 is 0 Å². The molecule has 3 N–H and O–H groups in total. The van der Waals surface area contributed by atoms with Crippen LogP contribution < -0.4 is 5.32 Å². The minimum Gasteiger partial charge on any atom is -0.508 e. The quantitative estimate of drug-likeness (QED) is 0.759. The highest BCUT2D eigenvalue weighted by Gasteiger charge is 2.14. The summed E-state index contributed by atoms with van der Waals surface area (Å²) in [6.07, 6.45) is 1.36. The van der Waals surface area contributed by atoms with E-state index < -0.39 is 5.60 Å². The standard InChI is InChI=1S/C20H25NO3/c1-14(16-7-9-18(22)10-8-16)21-19(23)17-6-4-5-15(13-17)11-12-20(2,3)24/h4-10,13-14,22,24H,11-12H2,1-3H3,(H,21,23). The monoisotopic (exact) mass is 327 g/mol. The fourth-order valence-corrected chi connectivity index (χ4v) is 2.44. The highest BCUT2D eigenvalue weighted by Crippen LogP contribution is 2.18. The molecule has 4 nitrogen and oxygen atoms in total. The van der Waals surface area contributed by atoms with E-state index in [2.05, 4.69) is 5.32 Å². The van der Waals surface area contributed by atoms with Gasteiger partial charge in [0.25, 0.3) is 5.91 Å². The van der Waals surface area contributed by atoms with Crippen molar-refractivity contribution < 1.29 is 15.0 Å². The van der Waals surface area contributed by atoms with Gasteiger partial charge in [0.05, 0.1) is 11.6 Å². The van der Waals surface area contributed by atoms with Crippen molar-refractivity contribution in [3.63, 3.8) is 0 Å². The number of aliphatic hydroxyl groups is 1. The first-order valence-corrected chi connectivity index (χ1v) is 8.16. The summed E-state index contributed by atoms with van der Waals surface area (Å²) in [5, 5.41) is 22.1. The molecule has 24 heavy (non-hydrogen) atoms. The summed E-state index contributed by atoms with van der Waals surface area (Å²) in [5.74, 6) is 0.0671. The van der Waals surface area contributed by atoms with Gasteiger partial charge >= 0.3 is 0 Å². The number of hydrogen-bond acceptors (Lipinski definition) is 3. The highest BCUT2D eigenvalue weighted by molar-refractivity contribution is 5.94. The topological polar surface area (TPSA) is 69.6 Å². The lowest BCUT2D eigenvalue weighted by Crippen LogP contribution is -2.26. The van der Waals surface area contributed by atoms with Crippen LogP contribution in [0.1, 0.15) is 54.7 Å². The summed E-state index contributed by atoms with van der Waals surface area (Å²) in [7, 11) is 0. The zero-order valence-corrected chi connectivity index (χ0v) is 14.4. The number of nitrogens with one attached hydrogen (secondary N) is 1. The first-order valence-electron chi connectivity index (χ1n) is 8.16. The number of phenolic OH excluding ortho intramolecular Hbond substituents is 1. The second-order valence-electron chi connectivity index (χ2n) is 6.80. The maximum Gasteiger partial charge on any atom is 0.251 e. The van der Waals surface area contributed by atoms with Crippen LogP contribution in [0.15, 0.2) is 48.5 Å². The summed E-state index contributed by atoms with van der Waals surface area (Å²) in [4.78, 5) is 12.4. The van der Waals surface area contributed by atoms with Crippen LogP contribution in [-0.4, -0.2) is 21.7 Å². The van der Waals surface area contributed by atoms with E-state index in [1.54, 1.807) is 44.2 Å². The van der Waals surface area contributed by atoms with Gasteiger partial charge in [0.1, 0.15) is 5.75 Å². The fourth-order valence-electron chi connectivity index (χ4n) is 2.44. The van der Waals surface area contributed by atoms with Crippen LogP contribution in [0.2, 0.25) is 0 Å². The van der Waals surface area contributed by atoms with Gasteiger partial charge in [-0.05, 0) is 69.0 Å². The maximum atomic E-state index is 12.4. The zero-order valence-electron chi connectivity index (χ0n) is 14.4. The minimum atomic E-state index is -0.717. The molecule has 0 aromatic heterocycles. The third-order valence-corrected chi connectivity index (χ3v) is 3.96. The Kier molecular flexibility index (Phi) is 5.62. The van der Waals surface area contributed by atoms with Crippen LogP contribution in [0.3, 0.4) is 0 Å². The minimum absolute atomic E-state index is 0.138. The average Bonchev–Trinajstić information content (AvgIpc) is 2.53. The van der Waals surface area contributed by atoms with Gasteiger partial charge in [-0.15, -0.1) is 0 Å². The van der Waals surface area contributed by atoms with E-state index in [9.17, 15) is 15.0 Å². The Morgan fingerprint density at radius 2 is 1.83 bits per heavy atom. The molecule has 2 aromatic carbocycles. The van der Waals surface area contributed by atoms with E-state index in [1.165, 1.54) is 0 Å². The smallest absolute Gasteiger partial charge is 0.251 e. The van der Waals surface area contributed by atoms with E-state index in [0.29, 0.717) is 12.0 Å². The van der Waals surface area contributed by atoms with Gasteiger partial charge in [-0.2, -0.15) is 0 Å². The van der Waals surface area contributed by atoms with E-state index in [0.717, 1.165) is 17.5 Å². The summed E-state index contributed by atoms with van der Waals surface area (Å²) < 4.78 is 0. The van der Waals surface area contributed by atoms with Crippen LogP contribution in [0.5, 0.6) is 5.75 Å². The molecule has 1 atom stereocenters. The Labute approximate surface area is 143 Å². The zero-order chi connectivity index (χ0) is 17.7. The third kappa shape index (κ3) is 5.39. The van der Waals surface area contributed by atoms with Gasteiger partial charge in [0.2, 0.25) is 0 Å². The number of benzene rings is 2. The molecule has 0 bridgehead atoms. The molecular weight excluding hydrogens is 302 g/mol. The lowest BCUT2D eigenvalue weighted by molar-refractivity contribution is 0.0714. The van der Waals surface area contributed by atoms with Crippen molar-refractivity contribution in [3.05, 3.63) is 65.2 Å². The first kappa shape index (κ1) is 18.0. The molecule has 128 valence electrons. The van der Waals surface area contributed by atoms with Gasteiger partial charge in [0, 0.05) is 5.56 Å². The van der Waals surface area contributed by atoms with E-state index in [4.69, 9.17) is 0 Å². The molecule has 0 saturated carbocycles. The van der Waals surface area contributed by atoms with Crippen molar-refractivity contribution in [1.29, 1.82) is 0 Å². The van der Waals surface area contributed by atoms with Crippen molar-refractivity contribution in [1.82, 2.24) is 5.32 Å². The maximum absolute atomic E-state index is 12.4. The molecule has 0 spiro atoms. The van der Waals surface area contributed by atoms with Crippen molar-refractivity contribution >= 4 is 5.91 Å². The molecule has 0 saturated heterocycles. The normalized spacial score (nSPS) is 12.7. The molecule has 0 aliphatic carbocycles. The predicted molar refractivity (Wildman–Crippen MR) is 95.0 cm³/mol. The number of rotatable bonds is 6. The Morgan fingerprint density at radius 3 is 2.46 bits per heavy atom. The van der Waals surface area contributed by atoms with Gasteiger partial charge in [0.15, 0.2) is 0 Å². The molecule has 0 aliphatic rings. The third-order valence-electron chi connectivity index (χ3n) is 3.96. The van der Waals surface area contributed by atoms with Crippen LogP contribution in [0.4, 0.5) is 0 Å². The van der Waals surface area contributed by atoms with E-state index in [1.807, 2.05) is 25.1 Å². The molecule has 0 heterocycles. The number of amides is 1. The Hall–Kier alpha value is -2.33. The van der Waals surface area contributed by atoms with Crippen molar-refractivity contribution in [2.75, 3.05) is 0 Å². The van der Waals surface area contributed by atoms with Crippen LogP contribution in [0.25, 0.3) is 0 Å². The summed E-state index contributed by atoms with van der Waals surface area (Å²) in [6, 6.07) is 14.1. The summed E-state index contributed by atoms with van der Waals surface area (Å²) in [5.41, 5.74) is 1.85. The van der Waals surface area contributed by atoms with Gasteiger partial charge in [-0.3, -0.25) is 4.79 Å². The van der Waals surface area contributed by atoms with Crippen molar-refractivity contribution in [3.8, 4) is 5.75 Å². The van der Waals surface area contributed by atoms with E-state index in [-0.39, 0.29) is 17.7 Å². The van der Waals surface area contributed by atoms with Gasteiger partial charge in [-0.1, -0.05) is 24.3 Å². The number of carbonyl (C=O) groups is 1. The van der Waals surface area contributed by atoms with Gasteiger partial charge < -0.3 is 15.5 Å². The van der Waals surface area contributed by atoms with Crippen LogP contribution in [0, 0.1) is 0 Å². The number of carbonyl (C=O) groups excluding carboxylic acids is 1. The number of aryl methyl sites for hydroxylation is 1. The Balaban J connectivity index is 2.02. The molecule has 0 radical (unpaired) electrons. The lowest BCUT2D eigenvalue weighted by atomic mass is 9.97. The largest absolute Gasteiger partial charge is 0.508 e. The van der Waals surface area contributed by atoms with Gasteiger partial charge in [-0.25, -0.2) is 0 Å². The Morgan fingerprint density at radius 1 is 1.17 bits per heavy atom. The fraction of sp³-hybridized carbons (Fsp3) is 0.350. The Bertz CT molecular complexity index is 687. The average molecular weight is 327 g/mol. The van der Waals surface area contributed by atoms with Crippen LogP contribution >= 0.6 is 0 Å². The first-order chi connectivity index (χ1) is 11.2. The van der Waals surface area contributed by atoms with Crippen molar-refractivity contribution in [2.24, 2.45) is 0 Å². The van der Waals surface area contributed by atoms with Crippen molar-refractivity contribution in [2.45, 2.75) is 45.3 Å². The second-order valence-corrected chi connectivity index (χ2v) is 6.80. The SMILES string of the molecule is CC(NC(=O)c1cccc(CCC(C)(C)O)c1)c1ccc(O)cc1. The number of hydrogen-bond donors (Lipinski definition) is 3. The number of phenols is 1. The summed E-state index contributed by atoms with van der Waals surface area (Å²) >= 11 is 0. The molecule has 0 fully saturated rings. The lowest BCUT2D eigenvalue weighted by Gasteiger charge is -2.17. The van der Waals surface area contributed by atoms with Crippen LogP contribution in [-0.2, 0) is 6.42 Å². The molecule has 2 aromatic rings.